The molecule has 0 bridgehead atoms. The maximum absolute atomic E-state index is 13.2. The fraction of sp³-hybridized carbons (Fsp3) is 0.400. The maximum Gasteiger partial charge on any atom is 0.244 e. The summed E-state index contributed by atoms with van der Waals surface area (Å²) in [5, 5.41) is 7.62. The van der Waals surface area contributed by atoms with Gasteiger partial charge >= 0.3 is 0 Å². The number of halogens is 1. The number of fused-ring (bicyclic) bond motifs is 1. The number of rotatable bonds is 3. The fourth-order valence-electron chi connectivity index (χ4n) is 3.45. The van der Waals surface area contributed by atoms with E-state index in [4.69, 9.17) is 0 Å². The topological polar surface area (TPSA) is 46.9 Å². The summed E-state index contributed by atoms with van der Waals surface area (Å²) in [5.41, 5.74) is 3.95. The van der Waals surface area contributed by atoms with Crippen molar-refractivity contribution in [2.45, 2.75) is 46.6 Å². The first kappa shape index (κ1) is 17.4. The van der Waals surface area contributed by atoms with Crippen molar-refractivity contribution in [1.29, 1.82) is 0 Å². The highest BCUT2D eigenvalue weighted by atomic mass is 19.1. The van der Waals surface area contributed by atoms with Gasteiger partial charge in [0.05, 0.1) is 23.6 Å². The van der Waals surface area contributed by atoms with Crippen LogP contribution in [-0.2, 0) is 11.2 Å². The van der Waals surface area contributed by atoms with E-state index in [0.717, 1.165) is 35.4 Å². The predicted octanol–water partition coefficient (Wildman–Crippen LogP) is 4.11. The Balaban J connectivity index is 1.97. The molecule has 2 aromatic rings. The van der Waals surface area contributed by atoms with Crippen LogP contribution in [0, 0.1) is 11.2 Å². The molecule has 0 spiro atoms. The number of hydrogen-bond donors (Lipinski definition) is 1. The average molecular weight is 341 g/mol. The van der Waals surface area contributed by atoms with E-state index in [2.05, 4.69) is 24.3 Å². The molecule has 0 fully saturated rings. The van der Waals surface area contributed by atoms with Crippen LogP contribution in [-0.4, -0.2) is 15.7 Å². The molecule has 1 aromatic carbocycles. The van der Waals surface area contributed by atoms with E-state index >= 15 is 0 Å². The van der Waals surface area contributed by atoms with Gasteiger partial charge in [0.25, 0.3) is 0 Å². The second kappa shape index (κ2) is 6.47. The summed E-state index contributed by atoms with van der Waals surface area (Å²) in [6.07, 6.45) is 5.15. The summed E-state index contributed by atoms with van der Waals surface area (Å²) in [7, 11) is 0. The second-order valence-electron chi connectivity index (χ2n) is 7.76. The van der Waals surface area contributed by atoms with Crippen molar-refractivity contribution in [2.75, 3.05) is 0 Å². The highest BCUT2D eigenvalue weighted by Gasteiger charge is 2.35. The van der Waals surface area contributed by atoms with E-state index in [1.165, 1.54) is 12.1 Å². The summed E-state index contributed by atoms with van der Waals surface area (Å²) in [6.45, 7) is 8.20. The van der Waals surface area contributed by atoms with Gasteiger partial charge < -0.3 is 5.32 Å². The molecule has 4 nitrogen and oxygen atoms in total. The largest absolute Gasteiger partial charge is 0.346 e. The van der Waals surface area contributed by atoms with Crippen LogP contribution >= 0.6 is 0 Å². The molecule has 5 heteroatoms. The number of hydrogen-bond acceptors (Lipinski definition) is 2. The number of nitrogens with one attached hydrogen (secondary N) is 1. The van der Waals surface area contributed by atoms with Gasteiger partial charge in [-0.05, 0) is 56.4 Å². The molecule has 132 valence electrons. The normalized spacial score (nSPS) is 18.4. The molecule has 1 amide bonds. The van der Waals surface area contributed by atoms with Crippen LogP contribution < -0.4 is 5.32 Å². The summed E-state index contributed by atoms with van der Waals surface area (Å²) in [6, 6.07) is 6.25. The summed E-state index contributed by atoms with van der Waals surface area (Å²) in [4.78, 5) is 12.2. The summed E-state index contributed by atoms with van der Waals surface area (Å²) < 4.78 is 15.1. The van der Waals surface area contributed by atoms with Crippen molar-refractivity contribution in [3.8, 4) is 5.69 Å². The molecule has 1 aliphatic rings. The molecule has 1 heterocycles. The van der Waals surface area contributed by atoms with Gasteiger partial charge in [0, 0.05) is 11.6 Å². The Hall–Kier alpha value is -2.43. The van der Waals surface area contributed by atoms with Gasteiger partial charge in [-0.1, -0.05) is 19.4 Å². The fourth-order valence-corrected chi connectivity index (χ4v) is 3.45. The molecular formula is C20H24FN3O. The minimum atomic E-state index is -0.267. The molecule has 25 heavy (non-hydrogen) atoms. The SMILES string of the molecule is CC(C)=CC(=O)N[C@@H]1CC(C)(C)Cc2c1cnn2-c1ccc(F)cc1. The minimum Gasteiger partial charge on any atom is -0.346 e. The van der Waals surface area contributed by atoms with E-state index in [0.29, 0.717) is 0 Å². The van der Waals surface area contributed by atoms with Gasteiger partial charge in [0.1, 0.15) is 5.82 Å². The molecule has 0 aliphatic heterocycles. The zero-order valence-corrected chi connectivity index (χ0v) is 15.1. The third-order valence-electron chi connectivity index (χ3n) is 4.49. The number of aromatic nitrogens is 2. The van der Waals surface area contributed by atoms with Crippen LogP contribution in [0.2, 0.25) is 0 Å². The first-order chi connectivity index (χ1) is 11.7. The summed E-state index contributed by atoms with van der Waals surface area (Å²) >= 11 is 0. The van der Waals surface area contributed by atoms with Crippen LogP contribution in [0.5, 0.6) is 0 Å². The molecule has 1 aromatic heterocycles. The second-order valence-corrected chi connectivity index (χ2v) is 7.76. The van der Waals surface area contributed by atoms with Crippen molar-refractivity contribution in [3.63, 3.8) is 0 Å². The van der Waals surface area contributed by atoms with Gasteiger partial charge in [-0.3, -0.25) is 4.79 Å². The van der Waals surface area contributed by atoms with E-state index in [1.807, 2.05) is 24.7 Å². The first-order valence-corrected chi connectivity index (χ1v) is 8.53. The Kier molecular flexibility index (Phi) is 4.50. The van der Waals surface area contributed by atoms with Crippen molar-refractivity contribution < 1.29 is 9.18 Å². The zero-order valence-electron chi connectivity index (χ0n) is 15.1. The number of amides is 1. The van der Waals surface area contributed by atoms with E-state index in [9.17, 15) is 9.18 Å². The number of carbonyl (C=O) groups excluding carboxylic acids is 1. The standard InChI is InChI=1S/C20H24FN3O/c1-13(2)9-19(25)23-17-10-20(3,4)11-18-16(17)12-22-24(18)15-7-5-14(21)6-8-15/h5-9,12,17H,10-11H2,1-4H3,(H,23,25)/t17-/m1/s1. The predicted molar refractivity (Wildman–Crippen MR) is 95.9 cm³/mol. The van der Waals surface area contributed by atoms with E-state index in [1.54, 1.807) is 18.2 Å². The first-order valence-electron chi connectivity index (χ1n) is 8.53. The molecule has 1 atom stereocenters. The maximum atomic E-state index is 13.2. The lowest BCUT2D eigenvalue weighted by Crippen LogP contribution is -2.36. The van der Waals surface area contributed by atoms with Crippen molar-refractivity contribution in [2.24, 2.45) is 5.41 Å². The Labute approximate surface area is 147 Å². The molecule has 0 radical (unpaired) electrons. The van der Waals surface area contributed by atoms with Crippen molar-refractivity contribution >= 4 is 5.91 Å². The van der Waals surface area contributed by atoms with Crippen LogP contribution in [0.1, 0.15) is 51.4 Å². The molecule has 3 rings (SSSR count). The van der Waals surface area contributed by atoms with Gasteiger partial charge in [-0.25, -0.2) is 9.07 Å². The van der Waals surface area contributed by atoms with Crippen molar-refractivity contribution in [3.05, 3.63) is 59.2 Å². The smallest absolute Gasteiger partial charge is 0.244 e. The monoisotopic (exact) mass is 341 g/mol. The molecule has 1 aliphatic carbocycles. The molecule has 1 N–H and O–H groups in total. The highest BCUT2D eigenvalue weighted by molar-refractivity contribution is 5.88. The van der Waals surface area contributed by atoms with E-state index < -0.39 is 0 Å². The van der Waals surface area contributed by atoms with Crippen LogP contribution in [0.15, 0.2) is 42.1 Å². The number of nitrogens with zero attached hydrogens (tertiary/aromatic N) is 2. The number of allylic oxidation sites excluding steroid dienone is 1. The minimum absolute atomic E-state index is 0.0355. The Bertz CT molecular complexity index is 814. The zero-order chi connectivity index (χ0) is 18.2. The average Bonchev–Trinajstić information content (AvgIpc) is 2.89. The number of carbonyl (C=O) groups is 1. The molecular weight excluding hydrogens is 317 g/mol. The van der Waals surface area contributed by atoms with Crippen LogP contribution in [0.25, 0.3) is 5.69 Å². The van der Waals surface area contributed by atoms with Crippen LogP contribution in [0.3, 0.4) is 0 Å². The van der Waals surface area contributed by atoms with Gasteiger partial charge in [0.15, 0.2) is 0 Å². The van der Waals surface area contributed by atoms with Gasteiger partial charge in [-0.15, -0.1) is 0 Å². The lowest BCUT2D eigenvalue weighted by atomic mass is 9.74. The Morgan fingerprint density at radius 3 is 2.64 bits per heavy atom. The number of benzene rings is 1. The lowest BCUT2D eigenvalue weighted by molar-refractivity contribution is -0.117. The van der Waals surface area contributed by atoms with E-state index in [-0.39, 0.29) is 23.2 Å². The van der Waals surface area contributed by atoms with Crippen LogP contribution in [0.4, 0.5) is 4.39 Å². The Morgan fingerprint density at radius 1 is 1.32 bits per heavy atom. The lowest BCUT2D eigenvalue weighted by Gasteiger charge is -2.35. The molecule has 0 saturated heterocycles. The molecule has 0 saturated carbocycles. The van der Waals surface area contributed by atoms with Crippen molar-refractivity contribution in [1.82, 2.24) is 15.1 Å². The third kappa shape index (κ3) is 3.81. The molecule has 0 unspecified atom stereocenters. The third-order valence-corrected chi connectivity index (χ3v) is 4.49. The van der Waals surface area contributed by atoms with Gasteiger partial charge in [-0.2, -0.15) is 5.10 Å². The summed E-state index contributed by atoms with van der Waals surface area (Å²) in [5.74, 6) is -0.347. The Morgan fingerprint density at radius 2 is 2.00 bits per heavy atom. The highest BCUT2D eigenvalue weighted by Crippen LogP contribution is 2.41. The van der Waals surface area contributed by atoms with Gasteiger partial charge in [0.2, 0.25) is 5.91 Å². The quantitative estimate of drug-likeness (QED) is 0.854.